The smallest absolute Gasteiger partial charge is 0.416 e. The minimum atomic E-state index is -5.00. The molecular weight excluding hydrogens is 568 g/mol. The van der Waals surface area contributed by atoms with Crippen LogP contribution in [0.25, 0.3) is 10.9 Å². The van der Waals surface area contributed by atoms with Crippen LogP contribution in [0.3, 0.4) is 0 Å². The molecule has 1 saturated heterocycles. The van der Waals surface area contributed by atoms with E-state index in [9.17, 15) is 31.2 Å². The predicted octanol–water partition coefficient (Wildman–Crippen LogP) is 3.85. The van der Waals surface area contributed by atoms with Crippen molar-refractivity contribution in [2.24, 2.45) is 0 Å². The Labute approximate surface area is 225 Å². The van der Waals surface area contributed by atoms with Crippen molar-refractivity contribution in [1.82, 2.24) is 19.4 Å². The first kappa shape index (κ1) is 28.8. The number of carbonyl (C=O) groups is 1. The van der Waals surface area contributed by atoms with Gasteiger partial charge in [-0.15, -0.1) is 0 Å². The topological polar surface area (TPSA) is 113 Å². The van der Waals surface area contributed by atoms with E-state index in [1.807, 2.05) is 0 Å². The fourth-order valence-electron chi connectivity index (χ4n) is 4.46. The molecule has 4 rings (SSSR count). The fraction of sp³-hybridized carbons (Fsp3) is 0.375. The lowest BCUT2D eigenvalue weighted by molar-refractivity contribution is -0.138. The van der Waals surface area contributed by atoms with Crippen LogP contribution < -0.4 is 5.56 Å². The molecule has 0 atom stereocenters. The first-order valence-electron chi connectivity index (χ1n) is 11.7. The van der Waals surface area contributed by atoms with Gasteiger partial charge in [0.1, 0.15) is 5.52 Å². The number of nitrogens with zero attached hydrogens (tertiary/aromatic N) is 4. The molecule has 0 aliphatic carbocycles. The highest BCUT2D eigenvalue weighted by Gasteiger charge is 2.37. The first-order chi connectivity index (χ1) is 18.2. The number of halogens is 5. The first-order valence-corrected chi connectivity index (χ1v) is 13.7. The Kier molecular flexibility index (Phi) is 7.92. The summed E-state index contributed by atoms with van der Waals surface area (Å²) in [5.74, 6) is -1.54. The summed E-state index contributed by atoms with van der Waals surface area (Å²) in [6.07, 6.45) is -5.21. The molecule has 0 unspecified atom stereocenters. The van der Waals surface area contributed by atoms with Gasteiger partial charge < -0.3 is 10.0 Å². The SMILES string of the molecule is CCS(=O)(=O)c1ccc(Cl)cc1Cn1cnc2c(F)c(CN3CCN(C(=O)O)CC3)c(C(F)(F)F)cc2c1=O. The van der Waals surface area contributed by atoms with Gasteiger partial charge in [0.25, 0.3) is 5.56 Å². The number of rotatable bonds is 6. The molecule has 3 aromatic rings. The number of carboxylic acid groups (broad SMARTS) is 1. The highest BCUT2D eigenvalue weighted by Crippen LogP contribution is 2.36. The van der Waals surface area contributed by atoms with E-state index in [0.717, 1.165) is 15.8 Å². The van der Waals surface area contributed by atoms with Crippen LogP contribution in [-0.2, 0) is 29.1 Å². The van der Waals surface area contributed by atoms with Crippen LogP contribution in [0.1, 0.15) is 23.6 Å². The van der Waals surface area contributed by atoms with Gasteiger partial charge in [0.05, 0.1) is 34.5 Å². The van der Waals surface area contributed by atoms with Gasteiger partial charge in [-0.05, 0) is 29.8 Å². The Morgan fingerprint density at radius 2 is 1.79 bits per heavy atom. The Bertz CT molecular complexity index is 1600. The van der Waals surface area contributed by atoms with Gasteiger partial charge in [-0.3, -0.25) is 14.3 Å². The Morgan fingerprint density at radius 1 is 1.13 bits per heavy atom. The predicted molar refractivity (Wildman–Crippen MR) is 134 cm³/mol. The van der Waals surface area contributed by atoms with Gasteiger partial charge in [-0.1, -0.05) is 18.5 Å². The average Bonchev–Trinajstić information content (AvgIpc) is 2.87. The number of alkyl halides is 3. The van der Waals surface area contributed by atoms with Gasteiger partial charge >= 0.3 is 12.3 Å². The van der Waals surface area contributed by atoms with Crippen LogP contribution in [-0.4, -0.2) is 70.9 Å². The second kappa shape index (κ2) is 10.7. The van der Waals surface area contributed by atoms with Crippen LogP contribution in [0.15, 0.2) is 40.3 Å². The van der Waals surface area contributed by atoms with E-state index >= 15 is 4.39 Å². The molecule has 39 heavy (non-hydrogen) atoms. The summed E-state index contributed by atoms with van der Waals surface area (Å²) in [6, 6.07) is 4.52. The molecule has 2 aromatic carbocycles. The zero-order chi connectivity index (χ0) is 28.7. The molecule has 1 aromatic heterocycles. The molecule has 0 spiro atoms. The largest absolute Gasteiger partial charge is 0.465 e. The summed E-state index contributed by atoms with van der Waals surface area (Å²) in [5.41, 5.74) is -3.47. The maximum atomic E-state index is 15.5. The minimum absolute atomic E-state index is 0.0497. The number of amides is 1. The molecule has 9 nitrogen and oxygen atoms in total. The minimum Gasteiger partial charge on any atom is -0.465 e. The Hall–Kier alpha value is -3.23. The molecule has 2 heterocycles. The molecule has 1 aliphatic heterocycles. The lowest BCUT2D eigenvalue weighted by atomic mass is 10.0. The number of sulfone groups is 1. The third-order valence-corrected chi connectivity index (χ3v) is 8.63. The van der Waals surface area contributed by atoms with E-state index in [4.69, 9.17) is 16.7 Å². The molecule has 1 amide bonds. The van der Waals surface area contributed by atoms with Crippen molar-refractivity contribution >= 4 is 38.4 Å². The highest BCUT2D eigenvalue weighted by atomic mass is 35.5. The maximum absolute atomic E-state index is 15.5. The normalized spacial score (nSPS) is 15.2. The highest BCUT2D eigenvalue weighted by molar-refractivity contribution is 7.91. The fourth-order valence-corrected chi connectivity index (χ4v) is 5.76. The molecule has 0 saturated carbocycles. The van der Waals surface area contributed by atoms with Crippen LogP contribution in [0.2, 0.25) is 5.02 Å². The lowest BCUT2D eigenvalue weighted by Crippen LogP contribution is -2.48. The van der Waals surface area contributed by atoms with Crippen molar-refractivity contribution in [2.45, 2.75) is 31.1 Å². The van der Waals surface area contributed by atoms with E-state index in [1.54, 1.807) is 0 Å². The van der Waals surface area contributed by atoms with Gasteiger partial charge in [-0.25, -0.2) is 22.6 Å². The van der Waals surface area contributed by atoms with Gasteiger partial charge in [0.15, 0.2) is 15.7 Å². The van der Waals surface area contributed by atoms with E-state index in [-0.39, 0.29) is 54.0 Å². The summed E-state index contributed by atoms with van der Waals surface area (Å²) < 4.78 is 83.6. The molecule has 1 aliphatic rings. The third kappa shape index (κ3) is 5.87. The molecule has 0 bridgehead atoms. The van der Waals surface area contributed by atoms with Gasteiger partial charge in [0.2, 0.25) is 0 Å². The van der Waals surface area contributed by atoms with Crippen molar-refractivity contribution in [3.8, 4) is 0 Å². The maximum Gasteiger partial charge on any atom is 0.416 e. The molecule has 1 fully saturated rings. The average molecular weight is 591 g/mol. The van der Waals surface area contributed by atoms with Crippen LogP contribution in [0, 0.1) is 5.82 Å². The zero-order valence-electron chi connectivity index (χ0n) is 20.5. The van der Waals surface area contributed by atoms with Crippen molar-refractivity contribution in [3.63, 3.8) is 0 Å². The summed E-state index contributed by atoms with van der Waals surface area (Å²) >= 11 is 6.02. The monoisotopic (exact) mass is 590 g/mol. The molecule has 1 N–H and O–H groups in total. The number of piperazine rings is 1. The number of fused-ring (bicyclic) bond motifs is 1. The Morgan fingerprint density at radius 3 is 2.38 bits per heavy atom. The van der Waals surface area contributed by atoms with Crippen LogP contribution >= 0.6 is 11.6 Å². The summed E-state index contributed by atoms with van der Waals surface area (Å²) in [6.45, 7) is 0.882. The molecule has 210 valence electrons. The lowest BCUT2D eigenvalue weighted by Gasteiger charge is -2.33. The van der Waals surface area contributed by atoms with E-state index in [1.165, 1.54) is 30.0 Å². The Balaban J connectivity index is 1.78. The van der Waals surface area contributed by atoms with E-state index in [2.05, 4.69) is 4.98 Å². The molecule has 15 heteroatoms. The number of aromatic nitrogens is 2. The number of benzene rings is 2. The third-order valence-electron chi connectivity index (χ3n) is 6.57. The summed E-state index contributed by atoms with van der Waals surface area (Å²) in [7, 11) is -3.73. The standard InChI is InChI=1S/C24H23ClF4N4O5S/c1-2-39(37,38)19-4-3-15(25)9-14(19)11-33-13-30-21-16(22(33)34)10-18(24(27,28)29)17(20(21)26)12-31-5-7-32(8-6-31)23(35)36/h3-4,9-10,13H,2,5-8,11-12H2,1H3,(H,35,36). The van der Waals surface area contributed by atoms with E-state index in [0.29, 0.717) is 6.07 Å². The summed E-state index contributed by atoms with van der Waals surface area (Å²) in [4.78, 5) is 30.7. The van der Waals surface area contributed by atoms with Crippen molar-refractivity contribution in [1.29, 1.82) is 0 Å². The second-order valence-electron chi connectivity index (χ2n) is 8.99. The second-order valence-corrected chi connectivity index (χ2v) is 11.7. The summed E-state index contributed by atoms with van der Waals surface area (Å²) in [5, 5.41) is 8.63. The quantitative estimate of drug-likeness (QED) is 0.434. The molecular formula is C24H23ClF4N4O5S. The van der Waals surface area contributed by atoms with Crippen LogP contribution in [0.5, 0.6) is 0 Å². The van der Waals surface area contributed by atoms with Gasteiger partial charge in [-0.2, -0.15) is 13.2 Å². The molecule has 0 radical (unpaired) electrons. The number of hydrogen-bond acceptors (Lipinski definition) is 6. The van der Waals surface area contributed by atoms with Crippen molar-refractivity contribution in [3.05, 3.63) is 68.5 Å². The number of hydrogen-bond donors (Lipinski definition) is 1. The van der Waals surface area contributed by atoms with Crippen LogP contribution in [0.4, 0.5) is 22.4 Å². The van der Waals surface area contributed by atoms with Crippen molar-refractivity contribution in [2.75, 3.05) is 31.9 Å². The van der Waals surface area contributed by atoms with E-state index < -0.39 is 62.1 Å². The van der Waals surface area contributed by atoms with Gasteiger partial charge in [0, 0.05) is 43.3 Å². The van der Waals surface area contributed by atoms with Crippen molar-refractivity contribution < 1.29 is 35.9 Å². The zero-order valence-corrected chi connectivity index (χ0v) is 22.1.